The normalized spacial score (nSPS) is 11.3. The van der Waals surface area contributed by atoms with Crippen LogP contribution in [0.25, 0.3) is 0 Å². The Bertz CT molecular complexity index is 1830. The maximum Gasteiger partial charge on any atom is 0.416 e. The molecular formula is C34H28F3NO7S. The molecule has 0 spiro atoms. The molecule has 8 nitrogen and oxygen atoms in total. The average Bonchev–Trinajstić information content (AvgIpc) is 3.06. The summed E-state index contributed by atoms with van der Waals surface area (Å²) in [4.78, 5) is 11.2. The van der Waals surface area contributed by atoms with Gasteiger partial charge in [0.1, 0.15) is 23.2 Å². The summed E-state index contributed by atoms with van der Waals surface area (Å²) >= 11 is 0. The maximum atomic E-state index is 13.2. The van der Waals surface area contributed by atoms with E-state index < -0.39 is 39.5 Å². The molecule has 0 saturated heterocycles. The van der Waals surface area contributed by atoms with Crippen molar-refractivity contribution < 1.29 is 46.1 Å². The van der Waals surface area contributed by atoms with Gasteiger partial charge >= 0.3 is 12.1 Å². The Morgan fingerprint density at radius 1 is 0.761 bits per heavy atom. The number of aliphatic hydroxyl groups is 1. The number of hydrogen-bond donors (Lipinski definition) is 3. The van der Waals surface area contributed by atoms with Crippen molar-refractivity contribution in [1.82, 2.24) is 0 Å². The minimum Gasteiger partial charge on any atom is -0.497 e. The van der Waals surface area contributed by atoms with Crippen molar-refractivity contribution in [3.8, 4) is 17.2 Å². The molecule has 46 heavy (non-hydrogen) atoms. The quantitative estimate of drug-likeness (QED) is 0.149. The maximum absolute atomic E-state index is 13.2. The molecule has 3 N–H and O–H groups in total. The number of para-hydroxylation sites is 1. The number of nitrogens with one attached hydrogen (secondary N) is 1. The highest BCUT2D eigenvalue weighted by molar-refractivity contribution is 7.92. The zero-order valence-electron chi connectivity index (χ0n) is 24.2. The number of sulfonamides is 1. The molecule has 0 atom stereocenters. The molecule has 0 fully saturated rings. The first kappa shape index (κ1) is 33.6. The van der Waals surface area contributed by atoms with E-state index in [-0.39, 0.29) is 22.0 Å². The van der Waals surface area contributed by atoms with E-state index in [2.05, 4.69) is 4.72 Å². The van der Waals surface area contributed by atoms with Crippen LogP contribution in [0.3, 0.4) is 0 Å². The van der Waals surface area contributed by atoms with Gasteiger partial charge in [-0.15, -0.1) is 0 Å². The number of anilines is 1. The van der Waals surface area contributed by atoms with Crippen molar-refractivity contribution in [2.75, 3.05) is 11.8 Å². The number of benzene rings is 5. The second kappa shape index (κ2) is 14.6. The number of alkyl halides is 3. The van der Waals surface area contributed by atoms with Crippen molar-refractivity contribution in [2.24, 2.45) is 0 Å². The first-order valence-electron chi connectivity index (χ1n) is 13.6. The standard InChI is InChI=1S/C21H16F3NO6S.C13H12O/c1-30-14-7-9-15(10-8-14)32(28,29)25-17-12-13(21(22,23)24)6-11-19(17)31-18-5-3-2-4-16(18)20(26)27;14-13(11-7-3-1-4-8-11)12-9-5-2-6-10-12/h2-12,25H,1H3,(H,26,27);1-10,13-14H. The first-order chi connectivity index (χ1) is 21.9. The Hall–Kier alpha value is -5.33. The van der Waals surface area contributed by atoms with Gasteiger partial charge in [0.05, 0.1) is 23.3 Å². The Morgan fingerprint density at radius 3 is 1.83 bits per heavy atom. The fraction of sp³-hybridized carbons (Fsp3) is 0.0882. The first-order valence-corrected chi connectivity index (χ1v) is 15.0. The van der Waals surface area contributed by atoms with Gasteiger partial charge in [0, 0.05) is 0 Å². The highest BCUT2D eigenvalue weighted by Gasteiger charge is 2.32. The summed E-state index contributed by atoms with van der Waals surface area (Å²) < 4.78 is 77.7. The van der Waals surface area contributed by atoms with E-state index in [4.69, 9.17) is 9.47 Å². The summed E-state index contributed by atoms with van der Waals surface area (Å²) in [6.07, 6.45) is -5.27. The number of carboxylic acid groups (broad SMARTS) is 1. The molecule has 0 amide bonds. The third-order valence-corrected chi connectivity index (χ3v) is 7.87. The second-order valence-corrected chi connectivity index (χ2v) is 11.3. The zero-order chi connectivity index (χ0) is 33.3. The van der Waals surface area contributed by atoms with Gasteiger partial charge in [0.2, 0.25) is 0 Å². The summed E-state index contributed by atoms with van der Waals surface area (Å²) in [5, 5.41) is 19.3. The molecule has 0 aromatic heterocycles. The van der Waals surface area contributed by atoms with E-state index >= 15 is 0 Å². The number of hydrogen-bond acceptors (Lipinski definition) is 6. The largest absolute Gasteiger partial charge is 0.497 e. The molecule has 0 radical (unpaired) electrons. The van der Waals surface area contributed by atoms with E-state index in [1.165, 1.54) is 55.6 Å². The second-order valence-electron chi connectivity index (χ2n) is 9.62. The molecule has 12 heteroatoms. The number of aromatic carboxylic acids is 1. The fourth-order valence-corrected chi connectivity index (χ4v) is 5.21. The predicted octanol–water partition coefficient (Wildman–Crippen LogP) is 7.77. The summed E-state index contributed by atoms with van der Waals surface area (Å²) in [5.41, 5.74) is -0.0339. The fourth-order valence-electron chi connectivity index (χ4n) is 4.15. The topological polar surface area (TPSA) is 122 Å². The molecule has 0 aliphatic rings. The minimum atomic E-state index is -4.75. The molecule has 5 aromatic carbocycles. The summed E-state index contributed by atoms with van der Waals surface area (Å²) in [6.45, 7) is 0. The van der Waals surface area contributed by atoms with Crippen LogP contribution in [-0.4, -0.2) is 31.7 Å². The minimum absolute atomic E-state index is 0.176. The monoisotopic (exact) mass is 651 g/mol. The van der Waals surface area contributed by atoms with Crippen molar-refractivity contribution in [3.05, 3.63) is 150 Å². The van der Waals surface area contributed by atoms with Gasteiger partial charge in [-0.25, -0.2) is 13.2 Å². The van der Waals surface area contributed by atoms with Gasteiger partial charge in [0.25, 0.3) is 10.0 Å². The van der Waals surface area contributed by atoms with Crippen LogP contribution in [-0.2, 0) is 16.2 Å². The van der Waals surface area contributed by atoms with Crippen LogP contribution in [0.1, 0.15) is 33.2 Å². The summed E-state index contributed by atoms with van der Waals surface area (Å²) in [7, 11) is -2.92. The lowest BCUT2D eigenvalue weighted by atomic mass is 10.0. The summed E-state index contributed by atoms with van der Waals surface area (Å²) in [6, 6.07) is 32.1. The zero-order valence-corrected chi connectivity index (χ0v) is 25.0. The lowest BCUT2D eigenvalue weighted by Crippen LogP contribution is -2.15. The Morgan fingerprint density at radius 2 is 1.30 bits per heavy atom. The van der Waals surface area contributed by atoms with Gasteiger partial charge in [0.15, 0.2) is 5.75 Å². The van der Waals surface area contributed by atoms with Crippen LogP contribution in [0, 0.1) is 0 Å². The van der Waals surface area contributed by atoms with Crippen molar-refractivity contribution in [1.29, 1.82) is 0 Å². The molecule has 0 heterocycles. The SMILES string of the molecule is COc1ccc(S(=O)(=O)Nc2cc(C(F)(F)F)ccc2Oc2ccccc2C(=O)O)cc1.OC(c1ccccc1)c1ccccc1. The third kappa shape index (κ3) is 8.65. The highest BCUT2D eigenvalue weighted by Crippen LogP contribution is 2.38. The van der Waals surface area contributed by atoms with Gasteiger partial charge in [-0.05, 0) is 65.7 Å². The lowest BCUT2D eigenvalue weighted by Gasteiger charge is -2.17. The van der Waals surface area contributed by atoms with Crippen LogP contribution in [0.4, 0.5) is 18.9 Å². The Kier molecular flexibility index (Phi) is 10.7. The summed E-state index contributed by atoms with van der Waals surface area (Å²) in [5.74, 6) is -1.43. The molecule has 238 valence electrons. The van der Waals surface area contributed by atoms with Gasteiger partial charge < -0.3 is 19.7 Å². The highest BCUT2D eigenvalue weighted by atomic mass is 32.2. The number of carboxylic acids is 1. The van der Waals surface area contributed by atoms with E-state index in [1.54, 1.807) is 0 Å². The van der Waals surface area contributed by atoms with E-state index in [0.717, 1.165) is 17.2 Å². The van der Waals surface area contributed by atoms with E-state index in [0.29, 0.717) is 17.9 Å². The Balaban J connectivity index is 0.000000284. The number of halogens is 3. The van der Waals surface area contributed by atoms with Gasteiger partial charge in [-0.1, -0.05) is 72.8 Å². The van der Waals surface area contributed by atoms with Crippen molar-refractivity contribution in [3.63, 3.8) is 0 Å². The van der Waals surface area contributed by atoms with Crippen LogP contribution in [0.5, 0.6) is 17.2 Å². The van der Waals surface area contributed by atoms with Crippen molar-refractivity contribution in [2.45, 2.75) is 17.2 Å². The lowest BCUT2D eigenvalue weighted by molar-refractivity contribution is -0.137. The molecule has 0 aliphatic heterocycles. The molecule has 0 unspecified atom stereocenters. The number of carbonyl (C=O) groups is 1. The van der Waals surface area contributed by atoms with Crippen LogP contribution < -0.4 is 14.2 Å². The van der Waals surface area contributed by atoms with Crippen LogP contribution >= 0.6 is 0 Å². The van der Waals surface area contributed by atoms with Crippen LogP contribution in [0.15, 0.2) is 132 Å². The number of ether oxygens (including phenoxy) is 2. The molecule has 5 rings (SSSR count). The van der Waals surface area contributed by atoms with Crippen molar-refractivity contribution >= 4 is 21.7 Å². The van der Waals surface area contributed by atoms with E-state index in [9.17, 15) is 36.6 Å². The molecule has 0 aliphatic carbocycles. The molecule has 0 bridgehead atoms. The van der Waals surface area contributed by atoms with Gasteiger partial charge in [-0.3, -0.25) is 4.72 Å². The smallest absolute Gasteiger partial charge is 0.416 e. The molecule has 0 saturated carbocycles. The van der Waals surface area contributed by atoms with Crippen LogP contribution in [0.2, 0.25) is 0 Å². The average molecular weight is 652 g/mol. The molecular weight excluding hydrogens is 623 g/mol. The number of methoxy groups -OCH3 is 1. The number of rotatable bonds is 9. The molecule has 5 aromatic rings. The van der Waals surface area contributed by atoms with E-state index in [1.807, 2.05) is 60.7 Å². The Labute approximate surface area is 263 Å². The third-order valence-electron chi connectivity index (χ3n) is 6.49. The predicted molar refractivity (Wildman–Crippen MR) is 166 cm³/mol. The number of aliphatic hydroxyl groups excluding tert-OH is 1. The van der Waals surface area contributed by atoms with Gasteiger partial charge in [-0.2, -0.15) is 13.2 Å².